The maximum Gasteiger partial charge on any atom is 0.239 e. The number of ether oxygens (including phenoxy) is 1. The summed E-state index contributed by atoms with van der Waals surface area (Å²) in [5, 5.41) is 38.0. The van der Waals surface area contributed by atoms with Crippen molar-refractivity contribution < 1.29 is 34.6 Å². The van der Waals surface area contributed by atoms with Crippen LogP contribution in [0.1, 0.15) is 12.8 Å². The van der Waals surface area contributed by atoms with Crippen molar-refractivity contribution in [1.82, 2.24) is 0 Å². The molecule has 1 aliphatic rings. The second-order valence-corrected chi connectivity index (χ2v) is 6.02. The maximum absolute atomic E-state index is 12.9. The molecule has 8 nitrogen and oxygen atoms in total. The fourth-order valence-electron chi connectivity index (χ4n) is 2.62. The fourth-order valence-corrected chi connectivity index (χ4v) is 2.62. The van der Waals surface area contributed by atoms with Gasteiger partial charge in [-0.2, -0.15) is 0 Å². The van der Waals surface area contributed by atoms with Gasteiger partial charge in [0.05, 0.1) is 6.10 Å². The Morgan fingerprint density at radius 2 is 1.77 bits per heavy atom. The molecule has 8 heteroatoms. The zero-order valence-corrected chi connectivity index (χ0v) is 13.3. The number of rotatable bonds is 4. The monoisotopic (exact) mass is 358 g/mol. The second kappa shape index (κ2) is 5.85. The Morgan fingerprint density at radius 3 is 2.42 bits per heavy atom. The largest absolute Gasteiger partial charge is 0.507 e. The van der Waals surface area contributed by atoms with Gasteiger partial charge in [0.1, 0.15) is 16.7 Å². The number of phenols is 3. The smallest absolute Gasteiger partial charge is 0.239 e. The Balaban J connectivity index is 2.02. The van der Waals surface area contributed by atoms with E-state index in [1.165, 1.54) is 24.3 Å². The third-order valence-electron chi connectivity index (χ3n) is 4.06. The lowest BCUT2D eigenvalue weighted by atomic mass is 10.1. The standard InChI is InChI=1S/C18H14O8/c19-11-4-1-8(5-12(11)20)17-18(24-9-2-3-9)16(22)15-13(21)6-10(26-23)7-14(15)25-17/h1,4-7,9,19-21,23H,2-3H2. The molecule has 4 rings (SSSR count). The first-order chi connectivity index (χ1) is 12.5. The minimum absolute atomic E-state index is 0.0270. The van der Waals surface area contributed by atoms with Gasteiger partial charge in [-0.15, -0.1) is 0 Å². The van der Waals surface area contributed by atoms with Crippen molar-refractivity contribution in [3.05, 3.63) is 40.6 Å². The van der Waals surface area contributed by atoms with Gasteiger partial charge in [0.25, 0.3) is 0 Å². The predicted octanol–water partition coefficient (Wildman–Crippen LogP) is 2.97. The van der Waals surface area contributed by atoms with E-state index in [0.717, 1.165) is 18.9 Å². The van der Waals surface area contributed by atoms with Crippen molar-refractivity contribution in [2.75, 3.05) is 0 Å². The van der Waals surface area contributed by atoms with E-state index in [1.807, 2.05) is 0 Å². The van der Waals surface area contributed by atoms with Gasteiger partial charge in [0.15, 0.2) is 23.0 Å². The van der Waals surface area contributed by atoms with E-state index in [2.05, 4.69) is 4.89 Å². The average molecular weight is 358 g/mol. The van der Waals surface area contributed by atoms with Crippen LogP contribution in [0.15, 0.2) is 39.5 Å². The second-order valence-electron chi connectivity index (χ2n) is 6.02. The highest BCUT2D eigenvalue weighted by atomic mass is 17.1. The van der Waals surface area contributed by atoms with Crippen molar-refractivity contribution in [2.45, 2.75) is 18.9 Å². The third kappa shape index (κ3) is 2.66. The molecular formula is C18H14O8. The van der Waals surface area contributed by atoms with Crippen molar-refractivity contribution >= 4 is 11.0 Å². The summed E-state index contributed by atoms with van der Waals surface area (Å²) in [5.74, 6) is -1.33. The zero-order valence-electron chi connectivity index (χ0n) is 13.3. The van der Waals surface area contributed by atoms with E-state index in [0.29, 0.717) is 5.56 Å². The molecule has 1 saturated carbocycles. The number of hydrogen-bond acceptors (Lipinski definition) is 8. The topological polar surface area (TPSA) is 130 Å². The van der Waals surface area contributed by atoms with E-state index < -0.39 is 16.9 Å². The number of phenolic OH excluding ortho intramolecular Hbond substituents is 3. The number of benzene rings is 2. The first-order valence-corrected chi connectivity index (χ1v) is 7.82. The van der Waals surface area contributed by atoms with Gasteiger partial charge in [0.2, 0.25) is 11.2 Å². The highest BCUT2D eigenvalue weighted by Gasteiger charge is 2.29. The van der Waals surface area contributed by atoms with Crippen LogP contribution in [-0.4, -0.2) is 26.7 Å². The van der Waals surface area contributed by atoms with Crippen LogP contribution < -0.4 is 15.1 Å². The molecule has 0 amide bonds. The number of hydrogen-bond donors (Lipinski definition) is 4. The van der Waals surface area contributed by atoms with Crippen LogP contribution in [0, 0.1) is 0 Å². The number of aromatic hydroxyl groups is 3. The van der Waals surface area contributed by atoms with Gasteiger partial charge >= 0.3 is 0 Å². The molecule has 134 valence electrons. The molecule has 1 fully saturated rings. The van der Waals surface area contributed by atoms with Crippen molar-refractivity contribution in [2.24, 2.45) is 0 Å². The van der Waals surface area contributed by atoms with Crippen LogP contribution in [-0.2, 0) is 0 Å². The Kier molecular flexibility index (Phi) is 3.62. The lowest BCUT2D eigenvalue weighted by molar-refractivity contribution is -0.137. The predicted molar refractivity (Wildman–Crippen MR) is 89.8 cm³/mol. The first kappa shape index (κ1) is 16.1. The van der Waals surface area contributed by atoms with E-state index in [4.69, 9.17) is 14.4 Å². The molecule has 4 N–H and O–H groups in total. The average Bonchev–Trinajstić information content (AvgIpc) is 3.43. The molecular weight excluding hydrogens is 344 g/mol. The molecule has 1 aliphatic carbocycles. The van der Waals surface area contributed by atoms with Gasteiger partial charge in [-0.1, -0.05) is 0 Å². The molecule has 1 aromatic heterocycles. The zero-order chi connectivity index (χ0) is 18.4. The van der Waals surface area contributed by atoms with Gasteiger partial charge in [-0.05, 0) is 31.0 Å². The molecule has 0 radical (unpaired) electrons. The van der Waals surface area contributed by atoms with Gasteiger partial charge in [0, 0.05) is 17.7 Å². The van der Waals surface area contributed by atoms with Crippen LogP contribution in [0.25, 0.3) is 22.3 Å². The van der Waals surface area contributed by atoms with E-state index in [-0.39, 0.29) is 40.1 Å². The minimum Gasteiger partial charge on any atom is -0.507 e. The first-order valence-electron chi connectivity index (χ1n) is 7.82. The van der Waals surface area contributed by atoms with E-state index >= 15 is 0 Å². The summed E-state index contributed by atoms with van der Waals surface area (Å²) in [6.45, 7) is 0. The molecule has 2 aromatic carbocycles. The quantitative estimate of drug-likeness (QED) is 0.318. The van der Waals surface area contributed by atoms with Gasteiger partial charge in [-0.3, -0.25) is 4.79 Å². The summed E-state index contributed by atoms with van der Waals surface area (Å²) in [6.07, 6.45) is 1.46. The summed E-state index contributed by atoms with van der Waals surface area (Å²) < 4.78 is 11.4. The summed E-state index contributed by atoms with van der Waals surface area (Å²) in [7, 11) is 0. The Hall–Kier alpha value is -3.39. The Labute approximate surface area is 146 Å². The molecule has 26 heavy (non-hydrogen) atoms. The molecule has 0 spiro atoms. The van der Waals surface area contributed by atoms with Crippen molar-refractivity contribution in [3.8, 4) is 40.1 Å². The van der Waals surface area contributed by atoms with Crippen LogP contribution in [0.2, 0.25) is 0 Å². The lowest BCUT2D eigenvalue weighted by Gasteiger charge is -2.12. The summed E-state index contributed by atoms with van der Waals surface area (Å²) in [4.78, 5) is 17.0. The fraction of sp³-hybridized carbons (Fsp3) is 0.167. The Bertz CT molecular complexity index is 1060. The highest BCUT2D eigenvalue weighted by Crippen LogP contribution is 2.40. The summed E-state index contributed by atoms with van der Waals surface area (Å²) in [5.41, 5.74) is -0.336. The van der Waals surface area contributed by atoms with E-state index in [9.17, 15) is 20.1 Å². The lowest BCUT2D eigenvalue weighted by Crippen LogP contribution is -2.11. The molecule has 1 heterocycles. The van der Waals surface area contributed by atoms with Crippen molar-refractivity contribution in [1.29, 1.82) is 0 Å². The third-order valence-corrected chi connectivity index (χ3v) is 4.06. The minimum atomic E-state index is -0.595. The summed E-state index contributed by atoms with van der Waals surface area (Å²) in [6, 6.07) is 6.24. The van der Waals surface area contributed by atoms with Crippen LogP contribution >= 0.6 is 0 Å². The maximum atomic E-state index is 12.9. The molecule has 0 aliphatic heterocycles. The molecule has 0 atom stereocenters. The van der Waals surface area contributed by atoms with Crippen molar-refractivity contribution in [3.63, 3.8) is 0 Å². The normalized spacial score (nSPS) is 13.7. The summed E-state index contributed by atoms with van der Waals surface area (Å²) >= 11 is 0. The van der Waals surface area contributed by atoms with Gasteiger partial charge in [-0.25, -0.2) is 5.26 Å². The van der Waals surface area contributed by atoms with Gasteiger partial charge < -0.3 is 29.4 Å². The van der Waals surface area contributed by atoms with Crippen LogP contribution in [0.3, 0.4) is 0 Å². The molecule has 0 unspecified atom stereocenters. The van der Waals surface area contributed by atoms with E-state index in [1.54, 1.807) is 0 Å². The highest BCUT2D eigenvalue weighted by molar-refractivity contribution is 5.88. The SMILES string of the molecule is O=c1c(OC2CC2)c(-c2ccc(O)c(O)c2)oc2cc(OO)cc(O)c12. The molecule has 3 aromatic rings. The Morgan fingerprint density at radius 1 is 1.00 bits per heavy atom. The number of fused-ring (bicyclic) bond motifs is 1. The molecule has 0 saturated heterocycles. The van der Waals surface area contributed by atoms with Crippen LogP contribution in [0.5, 0.6) is 28.7 Å². The molecule has 0 bridgehead atoms. The van der Waals surface area contributed by atoms with Crippen LogP contribution in [0.4, 0.5) is 0 Å².